The van der Waals surface area contributed by atoms with E-state index in [1.807, 2.05) is 6.07 Å². The number of rotatable bonds is 6. The highest BCUT2D eigenvalue weighted by Crippen LogP contribution is 2.28. The van der Waals surface area contributed by atoms with E-state index in [2.05, 4.69) is 0 Å². The number of sulfonamides is 1. The van der Waals surface area contributed by atoms with E-state index in [0.717, 1.165) is 0 Å². The number of sulfone groups is 1. The largest absolute Gasteiger partial charge is 0.497 e. The Balaban J connectivity index is 1.68. The summed E-state index contributed by atoms with van der Waals surface area (Å²) in [5.74, 6) is 0.447. The van der Waals surface area contributed by atoms with Gasteiger partial charge in [-0.2, -0.15) is 4.31 Å². The number of nitrogens with zero attached hydrogens (tertiary/aromatic N) is 1. The third-order valence-corrected chi connectivity index (χ3v) is 8.11. The monoisotopic (exact) mass is 381 g/mol. The van der Waals surface area contributed by atoms with Crippen molar-refractivity contribution in [3.63, 3.8) is 0 Å². The molecule has 1 fully saturated rings. The Morgan fingerprint density at radius 3 is 2.12 bits per heavy atom. The third kappa shape index (κ3) is 3.70. The van der Waals surface area contributed by atoms with Gasteiger partial charge in [0.15, 0.2) is 9.84 Å². The number of hydrogen-bond acceptors (Lipinski definition) is 5. The molecule has 0 amide bonds. The molecule has 1 aliphatic rings. The van der Waals surface area contributed by atoms with E-state index in [-0.39, 0.29) is 23.7 Å². The number of benzene rings is 2. The zero-order valence-electron chi connectivity index (χ0n) is 13.7. The van der Waals surface area contributed by atoms with Crippen LogP contribution in [0.5, 0.6) is 5.75 Å². The Bertz CT molecular complexity index is 932. The highest BCUT2D eigenvalue weighted by atomic mass is 32.2. The second kappa shape index (κ2) is 6.78. The van der Waals surface area contributed by atoms with Crippen molar-refractivity contribution in [1.29, 1.82) is 0 Å². The average Bonchev–Trinajstić information content (AvgIpc) is 2.53. The van der Waals surface area contributed by atoms with Crippen LogP contribution in [0.4, 0.5) is 0 Å². The first-order chi connectivity index (χ1) is 11.8. The van der Waals surface area contributed by atoms with Crippen LogP contribution >= 0.6 is 0 Å². The molecule has 0 saturated carbocycles. The molecule has 0 unspecified atom stereocenters. The van der Waals surface area contributed by atoms with Crippen molar-refractivity contribution >= 4 is 19.9 Å². The van der Waals surface area contributed by atoms with E-state index >= 15 is 0 Å². The molecule has 2 aromatic carbocycles. The van der Waals surface area contributed by atoms with Crippen molar-refractivity contribution in [3.05, 3.63) is 60.2 Å². The Morgan fingerprint density at radius 2 is 1.56 bits per heavy atom. The van der Waals surface area contributed by atoms with Gasteiger partial charge in [0.25, 0.3) is 0 Å². The molecule has 0 radical (unpaired) electrons. The molecule has 0 atom stereocenters. The van der Waals surface area contributed by atoms with Gasteiger partial charge in [-0.1, -0.05) is 30.3 Å². The molecule has 6 nitrogen and oxygen atoms in total. The van der Waals surface area contributed by atoms with E-state index in [1.165, 1.54) is 23.5 Å². The molecule has 0 N–H and O–H groups in total. The van der Waals surface area contributed by atoms with Crippen LogP contribution in [0.2, 0.25) is 0 Å². The molecule has 2 aromatic rings. The van der Waals surface area contributed by atoms with Crippen molar-refractivity contribution in [1.82, 2.24) is 4.31 Å². The first-order valence-corrected chi connectivity index (χ1v) is 10.9. The van der Waals surface area contributed by atoms with Crippen LogP contribution in [0, 0.1) is 0 Å². The van der Waals surface area contributed by atoms with Gasteiger partial charge in [-0.3, -0.25) is 0 Å². The van der Waals surface area contributed by atoms with Crippen molar-refractivity contribution in [2.24, 2.45) is 0 Å². The van der Waals surface area contributed by atoms with Gasteiger partial charge in [0.1, 0.15) is 5.75 Å². The number of hydrogen-bond donors (Lipinski definition) is 0. The lowest BCUT2D eigenvalue weighted by atomic mass is 10.2. The second-order valence-electron chi connectivity index (χ2n) is 5.90. The quantitative estimate of drug-likeness (QED) is 0.761. The minimum Gasteiger partial charge on any atom is -0.497 e. The van der Waals surface area contributed by atoms with Crippen molar-refractivity contribution in [3.8, 4) is 5.75 Å². The minimum atomic E-state index is -3.55. The minimum absolute atomic E-state index is 0.0104. The maximum atomic E-state index is 12.6. The summed E-state index contributed by atoms with van der Waals surface area (Å²) in [5, 5.41) is -0.716. The standard InChI is InChI=1S/C17H19NO5S2/c1-23-15-7-9-16(10-8-15)25(21,22)17-11-18(12-17)24(19,20)13-14-5-3-2-4-6-14/h2-10,17H,11-13H2,1H3. The van der Waals surface area contributed by atoms with Crippen LogP contribution in [-0.2, 0) is 25.6 Å². The molecule has 0 aliphatic carbocycles. The summed E-state index contributed by atoms with van der Waals surface area (Å²) in [6, 6.07) is 15.0. The fourth-order valence-electron chi connectivity index (χ4n) is 2.66. The van der Waals surface area contributed by atoms with E-state index < -0.39 is 25.1 Å². The number of ether oxygens (including phenoxy) is 1. The molecule has 1 heterocycles. The zero-order valence-corrected chi connectivity index (χ0v) is 15.3. The Morgan fingerprint density at radius 1 is 0.960 bits per heavy atom. The molecule has 25 heavy (non-hydrogen) atoms. The average molecular weight is 381 g/mol. The van der Waals surface area contributed by atoms with Crippen LogP contribution in [0.25, 0.3) is 0 Å². The molecule has 1 aliphatic heterocycles. The smallest absolute Gasteiger partial charge is 0.218 e. The summed E-state index contributed by atoms with van der Waals surface area (Å²) in [5.41, 5.74) is 0.684. The van der Waals surface area contributed by atoms with Crippen molar-refractivity contribution < 1.29 is 21.6 Å². The van der Waals surface area contributed by atoms with E-state index in [0.29, 0.717) is 11.3 Å². The Labute approximate surface area is 148 Å². The van der Waals surface area contributed by atoms with Gasteiger partial charge in [0, 0.05) is 13.1 Å². The SMILES string of the molecule is COc1ccc(S(=O)(=O)C2CN(S(=O)(=O)Cc3ccccc3)C2)cc1. The highest BCUT2D eigenvalue weighted by Gasteiger charge is 2.43. The maximum absolute atomic E-state index is 12.6. The van der Waals surface area contributed by atoms with Gasteiger partial charge >= 0.3 is 0 Å². The van der Waals surface area contributed by atoms with E-state index in [9.17, 15) is 16.8 Å². The molecule has 1 saturated heterocycles. The van der Waals surface area contributed by atoms with Crippen LogP contribution < -0.4 is 4.74 Å². The third-order valence-electron chi connectivity index (χ3n) is 4.23. The maximum Gasteiger partial charge on any atom is 0.218 e. The van der Waals surface area contributed by atoms with Crippen LogP contribution in [0.3, 0.4) is 0 Å². The van der Waals surface area contributed by atoms with Gasteiger partial charge in [-0.05, 0) is 29.8 Å². The first kappa shape index (κ1) is 17.9. The lowest BCUT2D eigenvalue weighted by Gasteiger charge is -2.37. The van der Waals surface area contributed by atoms with Crippen LogP contribution in [0.15, 0.2) is 59.5 Å². The number of methoxy groups -OCH3 is 1. The van der Waals surface area contributed by atoms with Gasteiger partial charge < -0.3 is 4.74 Å². The molecular formula is C17H19NO5S2. The summed E-state index contributed by atoms with van der Waals surface area (Å²) in [7, 11) is -5.56. The zero-order chi connectivity index (χ0) is 18.1. The topological polar surface area (TPSA) is 80.8 Å². The molecule has 0 spiro atoms. The highest BCUT2D eigenvalue weighted by molar-refractivity contribution is 7.92. The molecule has 134 valence electrons. The molecular weight excluding hydrogens is 362 g/mol. The predicted octanol–water partition coefficient (Wildman–Crippen LogP) is 1.68. The predicted molar refractivity (Wildman–Crippen MR) is 94.6 cm³/mol. The fraction of sp³-hybridized carbons (Fsp3) is 0.294. The van der Waals surface area contributed by atoms with E-state index in [4.69, 9.17) is 4.74 Å². The summed E-state index contributed by atoms with van der Waals surface area (Å²) >= 11 is 0. The summed E-state index contributed by atoms with van der Waals surface area (Å²) in [4.78, 5) is 0.179. The van der Waals surface area contributed by atoms with Crippen LogP contribution in [-0.4, -0.2) is 46.6 Å². The lowest BCUT2D eigenvalue weighted by molar-refractivity contribution is 0.309. The summed E-state index contributed by atoms with van der Waals surface area (Å²) in [6.45, 7) is -0.0208. The fourth-order valence-corrected chi connectivity index (χ4v) is 6.11. The summed E-state index contributed by atoms with van der Waals surface area (Å²) < 4.78 is 56.2. The second-order valence-corrected chi connectivity index (χ2v) is 10.1. The molecule has 0 aromatic heterocycles. The Kier molecular flexibility index (Phi) is 4.86. The molecule has 0 bridgehead atoms. The lowest BCUT2D eigenvalue weighted by Crippen LogP contribution is -2.56. The van der Waals surface area contributed by atoms with Crippen molar-refractivity contribution in [2.75, 3.05) is 20.2 Å². The summed E-state index contributed by atoms with van der Waals surface area (Å²) in [6.07, 6.45) is 0. The van der Waals surface area contributed by atoms with Gasteiger partial charge in [0.05, 0.1) is 23.0 Å². The Hall–Kier alpha value is -1.90. The first-order valence-electron chi connectivity index (χ1n) is 7.72. The van der Waals surface area contributed by atoms with Gasteiger partial charge in [-0.25, -0.2) is 16.8 Å². The van der Waals surface area contributed by atoms with Gasteiger partial charge in [-0.15, -0.1) is 0 Å². The van der Waals surface area contributed by atoms with Crippen molar-refractivity contribution in [2.45, 2.75) is 15.9 Å². The van der Waals surface area contributed by atoms with Crippen LogP contribution in [0.1, 0.15) is 5.56 Å². The normalized spacial score (nSPS) is 16.4. The molecule has 8 heteroatoms. The molecule has 3 rings (SSSR count). The van der Waals surface area contributed by atoms with E-state index in [1.54, 1.807) is 36.4 Å². The van der Waals surface area contributed by atoms with Gasteiger partial charge in [0.2, 0.25) is 10.0 Å².